The van der Waals surface area contributed by atoms with E-state index in [4.69, 9.17) is 9.72 Å². The second-order valence-corrected chi connectivity index (χ2v) is 16.8. The zero-order valence-corrected chi connectivity index (χ0v) is 34.9. The van der Waals surface area contributed by atoms with Gasteiger partial charge in [0, 0.05) is 68.5 Å². The van der Waals surface area contributed by atoms with E-state index in [1.807, 2.05) is 32.8 Å². The van der Waals surface area contributed by atoms with Gasteiger partial charge in [-0.15, -0.1) is 0 Å². The van der Waals surface area contributed by atoms with Crippen LogP contribution in [0, 0.1) is 11.6 Å². The van der Waals surface area contributed by atoms with Gasteiger partial charge in [-0.1, -0.05) is 31.0 Å². The molecule has 1 unspecified atom stereocenters. The lowest BCUT2D eigenvalue weighted by Crippen LogP contribution is -2.54. The molecule has 326 valence electrons. The van der Waals surface area contributed by atoms with E-state index in [2.05, 4.69) is 15.4 Å². The minimum atomic E-state index is -0.987. The predicted octanol–water partition coefficient (Wildman–Crippen LogP) is 6.03. The first-order chi connectivity index (χ1) is 30.6. The van der Waals surface area contributed by atoms with Gasteiger partial charge in [0.1, 0.15) is 17.7 Å². The van der Waals surface area contributed by atoms with Crippen LogP contribution in [0.25, 0.3) is 33.4 Å². The highest BCUT2D eigenvalue weighted by atomic mass is 19.1. The topological polar surface area (TPSA) is 160 Å². The Labute approximate surface area is 362 Å². The van der Waals surface area contributed by atoms with Gasteiger partial charge in [0.25, 0.3) is 11.8 Å². The van der Waals surface area contributed by atoms with Crippen molar-refractivity contribution < 1.29 is 37.5 Å². The van der Waals surface area contributed by atoms with Crippen LogP contribution in [0.5, 0.6) is 0 Å². The number of carbonyl (C=O) groups is 5. The van der Waals surface area contributed by atoms with Crippen LogP contribution in [-0.2, 0) is 32.1 Å². The van der Waals surface area contributed by atoms with Gasteiger partial charge in [-0.3, -0.25) is 48.8 Å². The van der Waals surface area contributed by atoms with E-state index >= 15 is 8.78 Å². The number of rotatable bonds is 13. The average molecular weight is 859 g/mol. The van der Waals surface area contributed by atoms with Crippen LogP contribution in [0.15, 0.2) is 67.1 Å². The molecule has 0 spiro atoms. The van der Waals surface area contributed by atoms with Crippen molar-refractivity contribution in [2.75, 3.05) is 39.4 Å². The first-order valence-corrected chi connectivity index (χ1v) is 21.8. The van der Waals surface area contributed by atoms with Crippen LogP contribution in [0.2, 0.25) is 0 Å². The van der Waals surface area contributed by atoms with Crippen molar-refractivity contribution in [3.05, 3.63) is 101 Å². The summed E-state index contributed by atoms with van der Waals surface area (Å²) in [6.45, 7) is 3.78. The summed E-state index contributed by atoms with van der Waals surface area (Å²) in [5.74, 6) is -3.11. The molecule has 0 radical (unpaired) electrons. The van der Waals surface area contributed by atoms with Crippen molar-refractivity contribution in [3.8, 4) is 22.4 Å². The van der Waals surface area contributed by atoms with Gasteiger partial charge < -0.3 is 9.64 Å². The molecule has 6 heterocycles. The Kier molecular flexibility index (Phi) is 12.2. The van der Waals surface area contributed by atoms with Crippen LogP contribution in [0.3, 0.4) is 0 Å². The van der Waals surface area contributed by atoms with E-state index in [1.165, 1.54) is 12.1 Å². The molecule has 63 heavy (non-hydrogen) atoms. The summed E-state index contributed by atoms with van der Waals surface area (Å²) in [6, 6.07) is 12.5. The molecule has 1 atom stereocenters. The second-order valence-electron chi connectivity index (χ2n) is 16.8. The van der Waals surface area contributed by atoms with Crippen molar-refractivity contribution in [2.45, 2.75) is 82.8 Å². The van der Waals surface area contributed by atoms with Crippen LogP contribution >= 0.6 is 0 Å². The quantitative estimate of drug-likeness (QED) is 0.110. The predicted molar refractivity (Wildman–Crippen MR) is 227 cm³/mol. The number of aryl methyl sites for hydroxylation is 1. The number of aromatic nitrogens is 4. The van der Waals surface area contributed by atoms with Crippen LogP contribution in [-0.4, -0.2) is 109 Å². The largest absolute Gasteiger partial charge is 0.379 e. The number of hydrogen-bond donors (Lipinski definition) is 1. The Hall–Kier alpha value is -6.26. The monoisotopic (exact) mass is 858 g/mol. The lowest BCUT2D eigenvalue weighted by Gasteiger charge is -2.32. The number of halogens is 2. The number of nitrogens with one attached hydrogen (secondary N) is 1. The highest BCUT2D eigenvalue weighted by Crippen LogP contribution is 2.33. The number of piperidine rings is 2. The molecule has 3 aromatic carbocycles. The summed E-state index contributed by atoms with van der Waals surface area (Å²) in [5.41, 5.74) is 5.00. The summed E-state index contributed by atoms with van der Waals surface area (Å²) in [4.78, 5) is 77.6. The summed E-state index contributed by atoms with van der Waals surface area (Å²) in [5, 5.41) is 6.87. The molecule has 16 heteroatoms. The highest BCUT2D eigenvalue weighted by molar-refractivity contribution is 6.23. The van der Waals surface area contributed by atoms with Crippen molar-refractivity contribution in [1.82, 2.24) is 39.8 Å². The molecule has 0 saturated carbocycles. The molecular weight excluding hydrogens is 811 g/mol. The molecule has 4 aliphatic rings. The first kappa shape index (κ1) is 42.1. The fourth-order valence-electron chi connectivity index (χ4n) is 9.14. The number of likely N-dealkylation sites (tertiary alicyclic amines) is 1. The number of fused-ring (bicyclic) bond motifs is 2. The van der Waals surface area contributed by atoms with E-state index < -0.39 is 41.3 Å². The fourth-order valence-corrected chi connectivity index (χ4v) is 9.14. The SMILES string of the molecule is O=C1CCC(N2C(=O)c3ccc(CCCCCCC(=O)N4CCC(n5cc(-c6cnc7cccc(-c8cc(F)c(CN9CCOCC9)c(F)c8)c7n6)cn5)CC4)cc3C2=O)C(=O)N1. The number of carbonyl (C=O) groups excluding carboxylic acids is 5. The Morgan fingerprint density at radius 2 is 1.57 bits per heavy atom. The number of nitrogens with zero attached hydrogens (tertiary/aromatic N) is 7. The van der Waals surface area contributed by atoms with E-state index in [-0.39, 0.29) is 48.0 Å². The molecule has 5 amide bonds. The number of imide groups is 2. The summed E-state index contributed by atoms with van der Waals surface area (Å²) < 4.78 is 38.1. The number of benzene rings is 3. The molecule has 3 saturated heterocycles. The number of morpholine rings is 1. The third kappa shape index (κ3) is 8.87. The number of ether oxygens (including phenoxy) is 1. The second kappa shape index (κ2) is 18.2. The van der Waals surface area contributed by atoms with E-state index in [0.717, 1.165) is 54.6 Å². The van der Waals surface area contributed by atoms with Gasteiger partial charge in [-0.05, 0) is 80.0 Å². The van der Waals surface area contributed by atoms with Crippen molar-refractivity contribution in [3.63, 3.8) is 0 Å². The number of hydrogen-bond acceptors (Lipinski definition) is 10. The lowest BCUT2D eigenvalue weighted by atomic mass is 10.0. The van der Waals surface area contributed by atoms with Crippen molar-refractivity contribution in [2.24, 2.45) is 0 Å². The minimum absolute atomic E-state index is 0.0404. The Balaban J connectivity index is 0.739. The van der Waals surface area contributed by atoms with Crippen LogP contribution in [0.4, 0.5) is 8.78 Å². The summed E-state index contributed by atoms with van der Waals surface area (Å²) in [7, 11) is 0. The molecule has 9 rings (SSSR count). The number of amides is 5. The molecule has 14 nitrogen and oxygen atoms in total. The molecule has 0 bridgehead atoms. The smallest absolute Gasteiger partial charge is 0.262 e. The maximum atomic E-state index is 15.4. The van der Waals surface area contributed by atoms with Crippen LogP contribution < -0.4 is 5.32 Å². The van der Waals surface area contributed by atoms with E-state index in [1.54, 1.807) is 36.7 Å². The lowest BCUT2D eigenvalue weighted by molar-refractivity contribution is -0.136. The minimum Gasteiger partial charge on any atom is -0.379 e. The van der Waals surface area contributed by atoms with E-state index in [0.29, 0.717) is 80.1 Å². The molecule has 3 fully saturated rings. The molecule has 1 N–H and O–H groups in total. The van der Waals surface area contributed by atoms with Gasteiger partial charge in [0.05, 0.1) is 59.5 Å². The number of unbranched alkanes of at least 4 members (excludes halogenated alkanes) is 3. The highest BCUT2D eigenvalue weighted by Gasteiger charge is 2.44. The molecule has 0 aliphatic carbocycles. The molecule has 4 aliphatic heterocycles. The van der Waals surface area contributed by atoms with Gasteiger partial charge in [0.15, 0.2) is 0 Å². The Morgan fingerprint density at radius 3 is 2.35 bits per heavy atom. The van der Waals surface area contributed by atoms with Gasteiger partial charge in [-0.25, -0.2) is 13.8 Å². The summed E-state index contributed by atoms with van der Waals surface area (Å²) in [6.07, 6.45) is 11.7. The molecule has 5 aromatic rings. The van der Waals surface area contributed by atoms with Crippen LogP contribution in [0.1, 0.15) is 95.7 Å². The Bertz CT molecular complexity index is 2580. The zero-order valence-electron chi connectivity index (χ0n) is 34.9. The first-order valence-electron chi connectivity index (χ1n) is 21.8. The van der Waals surface area contributed by atoms with Gasteiger partial charge >= 0.3 is 0 Å². The number of para-hydroxylation sites is 1. The van der Waals surface area contributed by atoms with E-state index in [9.17, 15) is 24.0 Å². The van der Waals surface area contributed by atoms with Crippen molar-refractivity contribution >= 4 is 40.6 Å². The average Bonchev–Trinajstić information content (AvgIpc) is 3.88. The third-order valence-corrected chi connectivity index (χ3v) is 12.7. The summed E-state index contributed by atoms with van der Waals surface area (Å²) >= 11 is 0. The molecular formula is C47H48F2N8O6. The maximum absolute atomic E-state index is 15.4. The standard InChI is InChI=1S/C47H48F2N8O6/c48-37-23-30(24-38(49)36(37)28-54-18-20-63-21-19-54)33-7-5-8-39-44(33)52-40(26-50-39)31-25-51-56(27-31)32-14-16-55(17-15-32)43(59)9-4-2-1-3-6-29-10-11-34-35(22-29)47(62)57(46(34)61)41-12-13-42(58)53-45(41)60/h5,7-8,10-11,22-27,32,41H,1-4,6,9,12-21,28H2,(H,53,58,60). The molecule has 2 aromatic heterocycles. The van der Waals surface area contributed by atoms with Gasteiger partial charge in [-0.2, -0.15) is 5.10 Å². The van der Waals surface area contributed by atoms with Gasteiger partial charge in [0.2, 0.25) is 17.7 Å². The zero-order chi connectivity index (χ0) is 43.6. The normalized spacial score (nSPS) is 18.7. The third-order valence-electron chi connectivity index (χ3n) is 12.7. The Morgan fingerprint density at radius 1 is 0.810 bits per heavy atom. The van der Waals surface area contributed by atoms with Crippen molar-refractivity contribution in [1.29, 1.82) is 0 Å². The fraction of sp³-hybridized carbons (Fsp3) is 0.404. The maximum Gasteiger partial charge on any atom is 0.262 e.